The van der Waals surface area contributed by atoms with Crippen LogP contribution in [0.2, 0.25) is 0 Å². The van der Waals surface area contributed by atoms with Gasteiger partial charge in [-0.25, -0.2) is 9.79 Å². The van der Waals surface area contributed by atoms with E-state index in [-0.39, 0.29) is 11.6 Å². The lowest BCUT2D eigenvalue weighted by atomic mass is 10.1. The van der Waals surface area contributed by atoms with Crippen molar-refractivity contribution in [3.63, 3.8) is 0 Å². The maximum atomic E-state index is 12.3. The maximum absolute atomic E-state index is 12.3. The van der Waals surface area contributed by atoms with Gasteiger partial charge in [0, 0.05) is 4.47 Å². The molecule has 0 fully saturated rings. The van der Waals surface area contributed by atoms with Crippen LogP contribution in [0.4, 0.5) is 0 Å². The minimum Gasteiger partial charge on any atom is -0.496 e. The number of benzene rings is 2. The molecule has 0 spiro atoms. The van der Waals surface area contributed by atoms with Crippen molar-refractivity contribution >= 4 is 33.9 Å². The van der Waals surface area contributed by atoms with E-state index in [1.807, 2.05) is 36.4 Å². The average molecular weight is 486 g/mol. The van der Waals surface area contributed by atoms with Crippen LogP contribution < -0.4 is 9.47 Å². The van der Waals surface area contributed by atoms with Gasteiger partial charge < -0.3 is 14.2 Å². The number of carbonyl (C=O) groups excluding carboxylic acids is 1. The molecular weight excluding hydrogens is 458 g/mol. The number of esters is 1. The number of nitrogens with zero attached hydrogens (tertiary/aromatic N) is 1. The Morgan fingerprint density at radius 3 is 2.52 bits per heavy atom. The Labute approximate surface area is 192 Å². The van der Waals surface area contributed by atoms with Crippen LogP contribution in [0.15, 0.2) is 57.6 Å². The van der Waals surface area contributed by atoms with E-state index in [2.05, 4.69) is 27.8 Å². The molecule has 1 aliphatic rings. The molecule has 0 bridgehead atoms. The van der Waals surface area contributed by atoms with Gasteiger partial charge in [0.2, 0.25) is 5.90 Å². The number of halogens is 1. The standard InChI is InChI=1S/C25H28BrNO4/c1-3-4-5-6-7-8-15-30-20-12-9-18(10-13-20)16-22-25(28)31-24(27-22)21-17-19(26)11-14-23(21)29-2/h9-14,16-17H,3-8,15H2,1-2H3. The highest BCUT2D eigenvalue weighted by Crippen LogP contribution is 2.28. The van der Waals surface area contributed by atoms with Gasteiger partial charge in [-0.05, 0) is 48.4 Å². The lowest BCUT2D eigenvalue weighted by Gasteiger charge is -2.07. The fourth-order valence-corrected chi connectivity index (χ4v) is 3.62. The van der Waals surface area contributed by atoms with Crippen LogP contribution in [0.1, 0.15) is 56.6 Å². The highest BCUT2D eigenvalue weighted by molar-refractivity contribution is 9.10. The third-order valence-electron chi connectivity index (χ3n) is 4.96. The van der Waals surface area contributed by atoms with E-state index in [0.29, 0.717) is 11.3 Å². The van der Waals surface area contributed by atoms with Gasteiger partial charge in [-0.15, -0.1) is 0 Å². The molecule has 31 heavy (non-hydrogen) atoms. The number of methoxy groups -OCH3 is 1. The summed E-state index contributed by atoms with van der Waals surface area (Å²) in [5.74, 6) is 1.16. The third kappa shape index (κ3) is 6.69. The summed E-state index contributed by atoms with van der Waals surface area (Å²) >= 11 is 3.42. The molecule has 0 atom stereocenters. The van der Waals surface area contributed by atoms with E-state index in [1.165, 1.54) is 32.1 Å². The SMILES string of the molecule is CCCCCCCCOc1ccc(C=C2N=C(c3cc(Br)ccc3OC)OC2=O)cc1. The number of hydrogen-bond acceptors (Lipinski definition) is 5. The normalized spacial score (nSPS) is 14.5. The van der Waals surface area contributed by atoms with Crippen LogP contribution in [0.3, 0.4) is 0 Å². The number of ether oxygens (including phenoxy) is 3. The van der Waals surface area contributed by atoms with Crippen LogP contribution in [0.5, 0.6) is 11.5 Å². The molecule has 0 saturated heterocycles. The molecule has 2 aromatic carbocycles. The molecule has 0 N–H and O–H groups in total. The summed E-state index contributed by atoms with van der Waals surface area (Å²) in [6.45, 7) is 2.95. The van der Waals surface area contributed by atoms with Gasteiger partial charge in [0.05, 0.1) is 19.3 Å². The zero-order chi connectivity index (χ0) is 22.1. The van der Waals surface area contributed by atoms with Gasteiger partial charge in [-0.2, -0.15) is 0 Å². The molecule has 3 rings (SSSR count). The molecule has 0 amide bonds. The second kappa shape index (κ2) is 11.7. The number of carbonyl (C=O) groups is 1. The summed E-state index contributed by atoms with van der Waals surface area (Å²) < 4.78 is 17.4. The van der Waals surface area contributed by atoms with E-state index in [0.717, 1.165) is 28.8 Å². The van der Waals surface area contributed by atoms with Crippen LogP contribution in [-0.2, 0) is 9.53 Å². The summed E-state index contributed by atoms with van der Waals surface area (Å²) in [6.07, 6.45) is 9.13. The van der Waals surface area contributed by atoms with E-state index in [4.69, 9.17) is 14.2 Å². The molecule has 0 aliphatic carbocycles. The molecule has 0 radical (unpaired) electrons. The molecule has 0 unspecified atom stereocenters. The van der Waals surface area contributed by atoms with Gasteiger partial charge in [-0.3, -0.25) is 0 Å². The Balaban J connectivity index is 1.60. The second-order valence-electron chi connectivity index (χ2n) is 7.37. The average Bonchev–Trinajstić information content (AvgIpc) is 3.14. The van der Waals surface area contributed by atoms with Crippen LogP contribution in [0.25, 0.3) is 6.08 Å². The second-order valence-corrected chi connectivity index (χ2v) is 8.28. The smallest absolute Gasteiger partial charge is 0.363 e. The van der Waals surface area contributed by atoms with Gasteiger partial charge in [0.1, 0.15) is 11.5 Å². The Morgan fingerprint density at radius 1 is 1.03 bits per heavy atom. The Morgan fingerprint density at radius 2 is 1.77 bits per heavy atom. The Kier molecular flexibility index (Phi) is 8.71. The zero-order valence-corrected chi connectivity index (χ0v) is 19.6. The van der Waals surface area contributed by atoms with Crippen molar-refractivity contribution in [1.82, 2.24) is 0 Å². The maximum Gasteiger partial charge on any atom is 0.363 e. The number of cyclic esters (lactones) is 1. The summed E-state index contributed by atoms with van der Waals surface area (Å²) in [4.78, 5) is 16.7. The first-order valence-electron chi connectivity index (χ1n) is 10.7. The molecule has 5 nitrogen and oxygen atoms in total. The summed E-state index contributed by atoms with van der Waals surface area (Å²) in [5, 5.41) is 0. The first kappa shape index (κ1) is 23.1. The Hall–Kier alpha value is -2.60. The molecule has 1 aliphatic heterocycles. The molecule has 164 valence electrons. The predicted octanol–water partition coefficient (Wildman–Crippen LogP) is 6.54. The summed E-state index contributed by atoms with van der Waals surface area (Å²) in [6, 6.07) is 13.1. The van der Waals surface area contributed by atoms with Crippen molar-refractivity contribution < 1.29 is 19.0 Å². The van der Waals surface area contributed by atoms with Crippen LogP contribution >= 0.6 is 15.9 Å². The largest absolute Gasteiger partial charge is 0.496 e. The minimum absolute atomic E-state index is 0.230. The summed E-state index contributed by atoms with van der Waals surface area (Å²) in [5.41, 5.74) is 1.72. The Bertz CT molecular complexity index is 950. The molecule has 1 heterocycles. The monoisotopic (exact) mass is 485 g/mol. The van der Waals surface area contributed by atoms with Gasteiger partial charge in [-0.1, -0.05) is 67.1 Å². The van der Waals surface area contributed by atoms with E-state index in [9.17, 15) is 4.79 Å². The van der Waals surface area contributed by atoms with Crippen molar-refractivity contribution in [2.45, 2.75) is 45.4 Å². The molecule has 6 heteroatoms. The molecule has 0 aromatic heterocycles. The van der Waals surface area contributed by atoms with Crippen molar-refractivity contribution in [3.8, 4) is 11.5 Å². The number of aliphatic imine (C=N–C) groups is 1. The minimum atomic E-state index is -0.486. The summed E-state index contributed by atoms with van der Waals surface area (Å²) in [7, 11) is 1.57. The van der Waals surface area contributed by atoms with Crippen molar-refractivity contribution in [2.24, 2.45) is 4.99 Å². The van der Waals surface area contributed by atoms with Gasteiger partial charge in [0.25, 0.3) is 0 Å². The predicted molar refractivity (Wildman–Crippen MR) is 127 cm³/mol. The first-order chi connectivity index (χ1) is 15.1. The zero-order valence-electron chi connectivity index (χ0n) is 18.0. The van der Waals surface area contributed by atoms with Crippen molar-refractivity contribution in [3.05, 3.63) is 63.8 Å². The molecule has 2 aromatic rings. The molecule has 0 saturated carbocycles. The van der Waals surface area contributed by atoms with Gasteiger partial charge >= 0.3 is 5.97 Å². The fraction of sp³-hybridized carbons (Fsp3) is 0.360. The fourth-order valence-electron chi connectivity index (χ4n) is 3.26. The number of rotatable bonds is 11. The van der Waals surface area contributed by atoms with Crippen LogP contribution in [0, 0.1) is 0 Å². The third-order valence-corrected chi connectivity index (χ3v) is 5.46. The topological polar surface area (TPSA) is 57.1 Å². The van der Waals surface area contributed by atoms with E-state index < -0.39 is 5.97 Å². The highest BCUT2D eigenvalue weighted by Gasteiger charge is 2.26. The number of unbranched alkanes of at least 4 members (excludes halogenated alkanes) is 5. The van der Waals surface area contributed by atoms with E-state index >= 15 is 0 Å². The van der Waals surface area contributed by atoms with Crippen LogP contribution in [-0.4, -0.2) is 25.6 Å². The first-order valence-corrected chi connectivity index (χ1v) is 11.5. The van der Waals surface area contributed by atoms with Crippen molar-refractivity contribution in [2.75, 3.05) is 13.7 Å². The van der Waals surface area contributed by atoms with Crippen molar-refractivity contribution in [1.29, 1.82) is 0 Å². The lowest BCUT2D eigenvalue weighted by molar-refractivity contribution is -0.129. The number of hydrogen-bond donors (Lipinski definition) is 0. The highest BCUT2D eigenvalue weighted by atomic mass is 79.9. The van der Waals surface area contributed by atoms with E-state index in [1.54, 1.807) is 19.3 Å². The van der Waals surface area contributed by atoms with Gasteiger partial charge in [0.15, 0.2) is 5.70 Å². The molecular formula is C25H28BrNO4. The lowest BCUT2D eigenvalue weighted by Crippen LogP contribution is -2.07. The quantitative estimate of drug-likeness (QED) is 0.206.